The van der Waals surface area contributed by atoms with Gasteiger partial charge in [0.25, 0.3) is 0 Å². The summed E-state index contributed by atoms with van der Waals surface area (Å²) in [5.74, 6) is 0.0610. The number of carbonyl (C=O) groups is 3. The number of amides is 4. The number of thioether (sulfide) groups is 1. The number of nitrogens with one attached hydrogen (secondary N) is 1. The first-order valence-corrected chi connectivity index (χ1v) is 12.5. The number of hydrogen-bond donors (Lipinski definition) is 1. The number of benzene rings is 1. The smallest absolute Gasteiger partial charge is 0.327 e. The van der Waals surface area contributed by atoms with Gasteiger partial charge in [-0.05, 0) is 42.2 Å². The normalized spacial score (nSPS) is 26.1. The van der Waals surface area contributed by atoms with Crippen molar-refractivity contribution in [3.05, 3.63) is 35.4 Å². The first-order valence-electron chi connectivity index (χ1n) is 11.2. The quantitative estimate of drug-likeness (QED) is 0.513. The lowest BCUT2D eigenvalue weighted by Crippen LogP contribution is -2.45. The van der Waals surface area contributed by atoms with Gasteiger partial charge in [-0.3, -0.25) is 24.8 Å². The van der Waals surface area contributed by atoms with Gasteiger partial charge in [0.05, 0.1) is 6.54 Å². The van der Waals surface area contributed by atoms with E-state index < -0.39 is 0 Å². The summed E-state index contributed by atoms with van der Waals surface area (Å²) < 4.78 is -0.162. The van der Waals surface area contributed by atoms with Gasteiger partial charge in [0.2, 0.25) is 11.8 Å². The molecule has 0 saturated carbocycles. The molecule has 1 aromatic carbocycles. The molecule has 0 bridgehead atoms. The third kappa shape index (κ3) is 4.24. The number of hydrogen-bond acceptors (Lipinski definition) is 5. The molecule has 2 unspecified atom stereocenters. The molecule has 174 valence electrons. The minimum Gasteiger partial charge on any atom is -0.342 e. The van der Waals surface area contributed by atoms with E-state index in [1.807, 2.05) is 28.0 Å². The van der Waals surface area contributed by atoms with Crippen LogP contribution in [0.3, 0.4) is 0 Å². The molecule has 2 atom stereocenters. The van der Waals surface area contributed by atoms with E-state index in [0.717, 1.165) is 42.7 Å². The van der Waals surface area contributed by atoms with E-state index in [2.05, 4.69) is 16.4 Å². The van der Waals surface area contributed by atoms with E-state index in [-0.39, 0.29) is 28.0 Å². The Hall–Kier alpha value is -2.52. The number of anilines is 1. The molecule has 2 saturated heterocycles. The SMILES string of the molecule is CC(=O)N1CCC2(C1)CN(C(=O)NC1=NCC(Cl)S1)c1ccc(/C=C/C(=O)N3CCC3)cc12. The van der Waals surface area contributed by atoms with Crippen LogP contribution in [0, 0.1) is 0 Å². The first kappa shape index (κ1) is 22.3. The number of amidine groups is 1. The fourth-order valence-corrected chi connectivity index (χ4v) is 5.86. The highest BCUT2D eigenvalue weighted by Crippen LogP contribution is 2.47. The van der Waals surface area contributed by atoms with Crippen molar-refractivity contribution in [3.8, 4) is 0 Å². The van der Waals surface area contributed by atoms with Crippen LogP contribution in [0.2, 0.25) is 0 Å². The van der Waals surface area contributed by atoms with Crippen molar-refractivity contribution in [2.24, 2.45) is 4.99 Å². The monoisotopic (exact) mass is 487 g/mol. The topological polar surface area (TPSA) is 85.3 Å². The van der Waals surface area contributed by atoms with Gasteiger partial charge in [-0.15, -0.1) is 11.6 Å². The molecule has 4 aliphatic heterocycles. The lowest BCUT2D eigenvalue weighted by atomic mass is 9.81. The number of aliphatic imine (C=N–C) groups is 1. The van der Waals surface area contributed by atoms with E-state index in [1.54, 1.807) is 17.9 Å². The highest BCUT2D eigenvalue weighted by atomic mass is 35.5. The molecule has 1 aromatic rings. The zero-order chi connectivity index (χ0) is 23.2. The molecule has 5 rings (SSSR count). The molecule has 8 nitrogen and oxygen atoms in total. The Morgan fingerprint density at radius 2 is 2.03 bits per heavy atom. The van der Waals surface area contributed by atoms with E-state index in [9.17, 15) is 14.4 Å². The van der Waals surface area contributed by atoms with Crippen LogP contribution in [0.4, 0.5) is 10.5 Å². The standard InChI is InChI=1S/C23H26ClN5O3S/c1-15(30)28-10-7-23(13-28)14-29(22(32)26-21-25-12-19(24)33-21)18-5-3-16(11-17(18)23)4-6-20(31)27-8-2-9-27/h3-6,11,19H,2,7-10,12-14H2,1H3,(H,25,26,32)/b6-4+. The average molecular weight is 488 g/mol. The van der Waals surface area contributed by atoms with E-state index in [0.29, 0.717) is 31.3 Å². The molecular weight excluding hydrogens is 462 g/mol. The minimum absolute atomic E-state index is 0.0218. The fourth-order valence-electron chi connectivity index (χ4n) is 4.85. The number of fused-ring (bicyclic) bond motifs is 2. The van der Waals surface area contributed by atoms with Crippen LogP contribution in [-0.4, -0.2) is 76.8 Å². The second kappa shape index (κ2) is 8.68. The van der Waals surface area contributed by atoms with Crippen LogP contribution in [0.25, 0.3) is 6.08 Å². The molecule has 0 radical (unpaired) electrons. The van der Waals surface area contributed by atoms with Crippen molar-refractivity contribution >= 4 is 58.1 Å². The van der Waals surface area contributed by atoms with Crippen LogP contribution in [0.15, 0.2) is 29.3 Å². The Labute approximate surface area is 202 Å². The van der Waals surface area contributed by atoms with E-state index in [1.165, 1.54) is 11.8 Å². The fraction of sp³-hybridized carbons (Fsp3) is 0.478. The lowest BCUT2D eigenvalue weighted by molar-refractivity contribution is -0.129. The molecule has 2 fully saturated rings. The Morgan fingerprint density at radius 3 is 2.67 bits per heavy atom. The Kier molecular flexibility index (Phi) is 5.86. The molecule has 0 aromatic heterocycles. The summed E-state index contributed by atoms with van der Waals surface area (Å²) in [5.41, 5.74) is 2.45. The number of alkyl halides is 1. The highest BCUT2D eigenvalue weighted by molar-refractivity contribution is 8.15. The average Bonchev–Trinajstić information content (AvgIpc) is 3.44. The van der Waals surface area contributed by atoms with Crippen molar-refractivity contribution in [1.29, 1.82) is 0 Å². The zero-order valence-corrected chi connectivity index (χ0v) is 20.0. The maximum Gasteiger partial charge on any atom is 0.327 e. The number of carbonyl (C=O) groups excluding carboxylic acids is 3. The summed E-state index contributed by atoms with van der Waals surface area (Å²) in [6.07, 6.45) is 5.28. The number of nitrogens with zero attached hydrogens (tertiary/aromatic N) is 4. The third-order valence-corrected chi connectivity index (χ3v) is 8.07. The Bertz CT molecular complexity index is 1070. The van der Waals surface area contributed by atoms with Gasteiger partial charge in [0.1, 0.15) is 4.71 Å². The molecule has 4 aliphatic rings. The first-order chi connectivity index (χ1) is 15.8. The van der Waals surface area contributed by atoms with Gasteiger partial charge >= 0.3 is 6.03 Å². The van der Waals surface area contributed by atoms with Gasteiger partial charge < -0.3 is 9.80 Å². The molecule has 10 heteroatoms. The molecule has 4 heterocycles. The summed E-state index contributed by atoms with van der Waals surface area (Å²) in [6, 6.07) is 5.67. The van der Waals surface area contributed by atoms with Crippen molar-refractivity contribution in [3.63, 3.8) is 0 Å². The summed E-state index contributed by atoms with van der Waals surface area (Å²) in [5, 5.41) is 3.41. The van der Waals surface area contributed by atoms with Gasteiger partial charge in [-0.25, -0.2) is 4.79 Å². The molecule has 4 amide bonds. The number of urea groups is 1. The predicted octanol–water partition coefficient (Wildman–Crippen LogP) is 2.62. The van der Waals surface area contributed by atoms with Crippen LogP contribution in [-0.2, 0) is 15.0 Å². The van der Waals surface area contributed by atoms with Crippen LogP contribution in [0.1, 0.15) is 30.9 Å². The van der Waals surface area contributed by atoms with Crippen molar-refractivity contribution in [2.75, 3.05) is 44.2 Å². The molecule has 1 N–H and O–H groups in total. The van der Waals surface area contributed by atoms with Crippen LogP contribution < -0.4 is 10.2 Å². The van der Waals surface area contributed by atoms with E-state index in [4.69, 9.17) is 11.6 Å². The summed E-state index contributed by atoms with van der Waals surface area (Å²) >= 11 is 7.43. The highest BCUT2D eigenvalue weighted by Gasteiger charge is 2.49. The number of halogens is 1. The summed E-state index contributed by atoms with van der Waals surface area (Å²) in [7, 11) is 0. The van der Waals surface area contributed by atoms with Crippen LogP contribution in [0.5, 0.6) is 0 Å². The molecule has 1 spiro atoms. The zero-order valence-electron chi connectivity index (χ0n) is 18.4. The second-order valence-electron chi connectivity index (χ2n) is 8.95. The van der Waals surface area contributed by atoms with Gasteiger partial charge in [0, 0.05) is 56.8 Å². The van der Waals surface area contributed by atoms with Crippen molar-refractivity contribution < 1.29 is 14.4 Å². The summed E-state index contributed by atoms with van der Waals surface area (Å²) in [6.45, 7) is 5.40. The van der Waals surface area contributed by atoms with Gasteiger partial charge in [-0.1, -0.05) is 17.8 Å². The summed E-state index contributed by atoms with van der Waals surface area (Å²) in [4.78, 5) is 47.2. The maximum absolute atomic E-state index is 13.2. The number of likely N-dealkylation sites (tertiary alicyclic amines) is 2. The van der Waals surface area contributed by atoms with Gasteiger partial charge in [-0.2, -0.15) is 0 Å². The Morgan fingerprint density at radius 1 is 1.21 bits per heavy atom. The predicted molar refractivity (Wildman–Crippen MR) is 131 cm³/mol. The molecule has 0 aliphatic carbocycles. The second-order valence-corrected chi connectivity index (χ2v) is 10.9. The minimum atomic E-state index is -0.330. The number of rotatable bonds is 2. The largest absolute Gasteiger partial charge is 0.342 e. The molecular formula is C23H26ClN5O3S. The maximum atomic E-state index is 13.2. The van der Waals surface area contributed by atoms with E-state index >= 15 is 0 Å². The third-order valence-electron chi connectivity index (χ3n) is 6.81. The Balaban J connectivity index is 1.42. The van der Waals surface area contributed by atoms with Crippen molar-refractivity contribution in [1.82, 2.24) is 15.1 Å². The van der Waals surface area contributed by atoms with Crippen LogP contribution >= 0.6 is 23.4 Å². The van der Waals surface area contributed by atoms with Gasteiger partial charge in [0.15, 0.2) is 5.17 Å². The molecule has 33 heavy (non-hydrogen) atoms. The van der Waals surface area contributed by atoms with Crippen molar-refractivity contribution in [2.45, 2.75) is 29.9 Å². The lowest BCUT2D eigenvalue weighted by Gasteiger charge is -2.29.